The Morgan fingerprint density at radius 2 is 2.05 bits per heavy atom. The zero-order chi connectivity index (χ0) is 14.7. The minimum Gasteiger partial charge on any atom is -0.506 e. The van der Waals surface area contributed by atoms with Gasteiger partial charge in [-0.15, -0.1) is 0 Å². The van der Waals surface area contributed by atoms with Gasteiger partial charge in [-0.3, -0.25) is 4.79 Å². The molecular formula is C12H10ClFN2O3. The minimum absolute atomic E-state index is 0.211. The predicted molar refractivity (Wildman–Crippen MR) is 66.9 cm³/mol. The third-order valence-electron chi connectivity index (χ3n) is 2.26. The molecule has 0 saturated carbocycles. The fourth-order valence-electron chi connectivity index (χ4n) is 1.28. The van der Waals surface area contributed by atoms with Gasteiger partial charge in [-0.25, -0.2) is 4.39 Å². The SMILES string of the molecule is CN(C)C(=O)/C(C#N)=C(\O)c1cc(Cl)c(O)cc1F. The maximum Gasteiger partial charge on any atom is 0.267 e. The van der Waals surface area contributed by atoms with Crippen LogP contribution in [-0.4, -0.2) is 35.1 Å². The van der Waals surface area contributed by atoms with E-state index in [2.05, 4.69) is 0 Å². The molecule has 2 N–H and O–H groups in total. The lowest BCUT2D eigenvalue weighted by atomic mass is 10.1. The van der Waals surface area contributed by atoms with Gasteiger partial charge in [0.15, 0.2) is 5.57 Å². The first kappa shape index (κ1) is 14.8. The number of nitrogens with zero attached hydrogens (tertiary/aromatic N) is 2. The van der Waals surface area contributed by atoms with Crippen molar-refractivity contribution < 1.29 is 19.4 Å². The van der Waals surface area contributed by atoms with Crippen LogP contribution < -0.4 is 0 Å². The second-order valence-electron chi connectivity index (χ2n) is 3.82. The summed E-state index contributed by atoms with van der Waals surface area (Å²) in [5, 5.41) is 27.7. The van der Waals surface area contributed by atoms with Gasteiger partial charge in [-0.2, -0.15) is 5.26 Å². The second-order valence-corrected chi connectivity index (χ2v) is 4.23. The van der Waals surface area contributed by atoms with E-state index in [4.69, 9.17) is 16.9 Å². The van der Waals surface area contributed by atoms with Crippen LogP contribution in [0.5, 0.6) is 5.75 Å². The van der Waals surface area contributed by atoms with Crippen molar-refractivity contribution in [1.29, 1.82) is 5.26 Å². The fraction of sp³-hybridized carbons (Fsp3) is 0.167. The number of carbonyl (C=O) groups is 1. The normalized spacial score (nSPS) is 11.5. The second kappa shape index (κ2) is 5.59. The topological polar surface area (TPSA) is 84.6 Å². The summed E-state index contributed by atoms with van der Waals surface area (Å²) in [5.41, 5.74) is -1.06. The Morgan fingerprint density at radius 3 is 2.53 bits per heavy atom. The maximum atomic E-state index is 13.6. The lowest BCUT2D eigenvalue weighted by Gasteiger charge is -2.11. The van der Waals surface area contributed by atoms with E-state index in [0.717, 1.165) is 11.0 Å². The zero-order valence-electron chi connectivity index (χ0n) is 10.1. The molecular weight excluding hydrogens is 275 g/mol. The van der Waals surface area contributed by atoms with Gasteiger partial charge in [-0.05, 0) is 6.07 Å². The highest BCUT2D eigenvalue weighted by Crippen LogP contribution is 2.30. The molecule has 0 bridgehead atoms. The molecule has 1 aromatic rings. The van der Waals surface area contributed by atoms with Crippen molar-refractivity contribution in [1.82, 2.24) is 4.90 Å². The molecule has 0 spiro atoms. The van der Waals surface area contributed by atoms with Crippen LogP contribution in [0.2, 0.25) is 5.02 Å². The molecule has 0 radical (unpaired) electrons. The molecule has 0 aliphatic carbocycles. The van der Waals surface area contributed by atoms with E-state index >= 15 is 0 Å². The lowest BCUT2D eigenvalue weighted by molar-refractivity contribution is -0.124. The number of phenols is 1. The number of amides is 1. The van der Waals surface area contributed by atoms with Gasteiger partial charge in [0.05, 0.1) is 10.6 Å². The summed E-state index contributed by atoms with van der Waals surface area (Å²) >= 11 is 5.59. The first-order chi connectivity index (χ1) is 8.79. The molecule has 1 amide bonds. The molecule has 0 aromatic heterocycles. The number of rotatable bonds is 2. The molecule has 0 atom stereocenters. The molecule has 100 valence electrons. The first-order valence-corrected chi connectivity index (χ1v) is 5.40. The summed E-state index contributed by atoms with van der Waals surface area (Å²) in [6.45, 7) is 0. The molecule has 7 heteroatoms. The zero-order valence-corrected chi connectivity index (χ0v) is 10.9. The van der Waals surface area contributed by atoms with Gasteiger partial charge < -0.3 is 15.1 Å². The summed E-state index contributed by atoms with van der Waals surface area (Å²) in [6, 6.07) is 3.12. The molecule has 0 aliphatic rings. The Hall–Kier alpha value is -2.26. The van der Waals surface area contributed by atoms with E-state index in [-0.39, 0.29) is 5.02 Å². The highest BCUT2D eigenvalue weighted by atomic mass is 35.5. The molecule has 1 rings (SSSR count). The number of aliphatic hydroxyl groups excluding tert-OH is 1. The van der Waals surface area contributed by atoms with E-state index in [1.54, 1.807) is 0 Å². The molecule has 19 heavy (non-hydrogen) atoms. The van der Waals surface area contributed by atoms with Gasteiger partial charge >= 0.3 is 0 Å². The van der Waals surface area contributed by atoms with Crippen molar-refractivity contribution in [2.75, 3.05) is 14.1 Å². The number of phenolic OH excluding ortho intramolecular Hbond substituents is 1. The number of hydrogen-bond donors (Lipinski definition) is 2. The van der Waals surface area contributed by atoms with E-state index in [1.807, 2.05) is 0 Å². The number of carbonyl (C=O) groups excluding carboxylic acids is 1. The largest absolute Gasteiger partial charge is 0.506 e. The molecule has 0 fully saturated rings. The Bertz CT molecular complexity index is 606. The summed E-state index contributed by atoms with van der Waals surface area (Å²) in [7, 11) is 2.76. The monoisotopic (exact) mass is 284 g/mol. The summed E-state index contributed by atoms with van der Waals surface area (Å²) in [5.74, 6) is -3.11. The van der Waals surface area contributed by atoms with Crippen LogP contribution in [0.4, 0.5) is 4.39 Å². The average Bonchev–Trinajstić information content (AvgIpc) is 2.34. The van der Waals surface area contributed by atoms with Crippen molar-refractivity contribution in [2.45, 2.75) is 0 Å². The van der Waals surface area contributed by atoms with Crippen LogP contribution in [0.3, 0.4) is 0 Å². The quantitative estimate of drug-likeness (QED) is 0.494. The van der Waals surface area contributed by atoms with Gasteiger partial charge in [0.25, 0.3) is 5.91 Å². The third-order valence-corrected chi connectivity index (χ3v) is 2.56. The highest BCUT2D eigenvalue weighted by Gasteiger charge is 2.21. The van der Waals surface area contributed by atoms with Gasteiger partial charge in [0.2, 0.25) is 0 Å². The molecule has 0 heterocycles. The third kappa shape index (κ3) is 2.95. The molecule has 5 nitrogen and oxygen atoms in total. The number of aromatic hydroxyl groups is 1. The Kier molecular flexibility index (Phi) is 4.35. The van der Waals surface area contributed by atoms with Gasteiger partial charge in [-0.1, -0.05) is 11.6 Å². The van der Waals surface area contributed by atoms with Crippen LogP contribution in [0, 0.1) is 17.1 Å². The van der Waals surface area contributed by atoms with Crippen molar-refractivity contribution in [3.05, 3.63) is 34.1 Å². The number of likely N-dealkylation sites (N-methyl/N-ethyl adjacent to an activating group) is 1. The summed E-state index contributed by atoms with van der Waals surface area (Å²) in [4.78, 5) is 12.7. The molecule has 1 aromatic carbocycles. The Labute approximate surface area is 113 Å². The van der Waals surface area contributed by atoms with E-state index in [1.165, 1.54) is 20.2 Å². The fourth-order valence-corrected chi connectivity index (χ4v) is 1.44. The summed E-state index contributed by atoms with van der Waals surface area (Å²) < 4.78 is 13.6. The molecule has 0 unspecified atom stereocenters. The lowest BCUT2D eigenvalue weighted by Crippen LogP contribution is -2.24. The molecule has 0 saturated heterocycles. The number of aliphatic hydroxyl groups is 1. The van der Waals surface area contributed by atoms with Crippen LogP contribution in [0.25, 0.3) is 5.76 Å². The smallest absolute Gasteiger partial charge is 0.267 e. The van der Waals surface area contributed by atoms with Crippen molar-refractivity contribution in [2.24, 2.45) is 0 Å². The van der Waals surface area contributed by atoms with Gasteiger partial charge in [0.1, 0.15) is 23.4 Å². The maximum absolute atomic E-state index is 13.6. The number of nitriles is 1. The standard InChI is InChI=1S/C12H10ClFN2O3/c1-16(2)12(19)7(5-15)11(18)6-3-8(13)10(17)4-9(6)14/h3-4,17-18H,1-2H3/b11-7-. The van der Waals surface area contributed by atoms with Gasteiger partial charge in [0, 0.05) is 20.2 Å². The number of halogens is 2. The molecule has 0 aliphatic heterocycles. The average molecular weight is 285 g/mol. The predicted octanol–water partition coefficient (Wildman–Crippen LogP) is 2.07. The van der Waals surface area contributed by atoms with Crippen LogP contribution in [-0.2, 0) is 4.79 Å². The van der Waals surface area contributed by atoms with E-state index in [9.17, 15) is 19.4 Å². The Balaban J connectivity index is 3.47. The first-order valence-electron chi connectivity index (χ1n) is 5.03. The van der Waals surface area contributed by atoms with Crippen molar-refractivity contribution in [3.8, 4) is 11.8 Å². The number of benzene rings is 1. The van der Waals surface area contributed by atoms with E-state index in [0.29, 0.717) is 6.07 Å². The van der Waals surface area contributed by atoms with Crippen LogP contribution in [0.15, 0.2) is 17.7 Å². The minimum atomic E-state index is -1.00. The Morgan fingerprint density at radius 1 is 1.47 bits per heavy atom. The summed E-state index contributed by atoms with van der Waals surface area (Å²) in [6.07, 6.45) is 0. The van der Waals surface area contributed by atoms with E-state index < -0.39 is 34.4 Å². The highest BCUT2D eigenvalue weighted by molar-refractivity contribution is 6.32. The van der Waals surface area contributed by atoms with Crippen LogP contribution >= 0.6 is 11.6 Å². The van der Waals surface area contributed by atoms with Crippen LogP contribution in [0.1, 0.15) is 5.56 Å². The number of hydrogen-bond acceptors (Lipinski definition) is 4. The van der Waals surface area contributed by atoms with Crippen molar-refractivity contribution >= 4 is 23.3 Å². The van der Waals surface area contributed by atoms with Crippen molar-refractivity contribution in [3.63, 3.8) is 0 Å².